The molecule has 3 rings (SSSR count). The minimum Gasteiger partial charge on any atom is -0.497 e. The van der Waals surface area contributed by atoms with Crippen molar-refractivity contribution in [2.24, 2.45) is 0 Å². The summed E-state index contributed by atoms with van der Waals surface area (Å²) in [6.07, 6.45) is 2.66. The van der Waals surface area contributed by atoms with Gasteiger partial charge in [0, 0.05) is 44.0 Å². The maximum absolute atomic E-state index is 5.33. The molecule has 0 radical (unpaired) electrons. The minimum atomic E-state index is 0.800. The summed E-state index contributed by atoms with van der Waals surface area (Å²) in [7, 11) is 3.97. The lowest BCUT2D eigenvalue weighted by Crippen LogP contribution is -2.53. The monoisotopic (exact) mass is 289 g/mol. The standard InChI is InChI=1S/C17H27N3O/c1-18-8-6-15(7-9-18)19-10-12-20(13-11-19)16-4-3-5-17(14-16)21-2/h3-5,14-15H,6-13H2,1-2H3. The summed E-state index contributed by atoms with van der Waals surface area (Å²) in [5.41, 5.74) is 1.29. The zero-order valence-corrected chi connectivity index (χ0v) is 13.3. The number of piperidine rings is 1. The van der Waals surface area contributed by atoms with Gasteiger partial charge in [0.1, 0.15) is 5.75 Å². The predicted molar refractivity (Wildman–Crippen MR) is 87.3 cm³/mol. The number of piperazine rings is 1. The Labute approximate surface area is 128 Å². The van der Waals surface area contributed by atoms with E-state index in [9.17, 15) is 0 Å². The second-order valence-corrected chi connectivity index (χ2v) is 6.26. The molecule has 0 unspecified atom stereocenters. The molecule has 0 aliphatic carbocycles. The Balaban J connectivity index is 1.55. The molecule has 2 fully saturated rings. The Kier molecular flexibility index (Phi) is 4.66. The van der Waals surface area contributed by atoms with Crippen LogP contribution in [0.1, 0.15) is 12.8 Å². The first-order chi connectivity index (χ1) is 10.3. The van der Waals surface area contributed by atoms with Gasteiger partial charge >= 0.3 is 0 Å². The number of anilines is 1. The summed E-state index contributed by atoms with van der Waals surface area (Å²) >= 11 is 0. The maximum Gasteiger partial charge on any atom is 0.120 e. The third-order valence-electron chi connectivity index (χ3n) is 4.94. The van der Waals surface area contributed by atoms with Crippen molar-refractivity contribution in [1.29, 1.82) is 0 Å². The molecule has 0 spiro atoms. The van der Waals surface area contributed by atoms with Crippen LogP contribution in [0.2, 0.25) is 0 Å². The molecule has 2 aliphatic heterocycles. The van der Waals surface area contributed by atoms with Gasteiger partial charge in [0.25, 0.3) is 0 Å². The highest BCUT2D eigenvalue weighted by Crippen LogP contribution is 2.24. The van der Waals surface area contributed by atoms with Gasteiger partial charge in [0.15, 0.2) is 0 Å². The van der Waals surface area contributed by atoms with Crippen LogP contribution in [0.5, 0.6) is 5.75 Å². The number of likely N-dealkylation sites (tertiary alicyclic amines) is 1. The van der Waals surface area contributed by atoms with Crippen LogP contribution in [0.4, 0.5) is 5.69 Å². The number of ether oxygens (including phenoxy) is 1. The van der Waals surface area contributed by atoms with Gasteiger partial charge in [0.05, 0.1) is 7.11 Å². The quantitative estimate of drug-likeness (QED) is 0.846. The molecule has 0 aromatic heterocycles. The van der Waals surface area contributed by atoms with Gasteiger partial charge in [-0.05, 0) is 45.1 Å². The van der Waals surface area contributed by atoms with E-state index < -0.39 is 0 Å². The first kappa shape index (κ1) is 14.7. The fraction of sp³-hybridized carbons (Fsp3) is 0.647. The number of rotatable bonds is 3. The molecule has 2 saturated heterocycles. The smallest absolute Gasteiger partial charge is 0.120 e. The lowest BCUT2D eigenvalue weighted by Gasteiger charge is -2.42. The molecule has 0 saturated carbocycles. The van der Waals surface area contributed by atoms with Gasteiger partial charge in [-0.1, -0.05) is 6.07 Å². The first-order valence-electron chi connectivity index (χ1n) is 8.08. The van der Waals surface area contributed by atoms with E-state index in [-0.39, 0.29) is 0 Å². The van der Waals surface area contributed by atoms with Gasteiger partial charge in [0.2, 0.25) is 0 Å². The second kappa shape index (κ2) is 6.67. The van der Waals surface area contributed by atoms with E-state index in [2.05, 4.69) is 39.9 Å². The molecule has 0 amide bonds. The van der Waals surface area contributed by atoms with Crippen LogP contribution < -0.4 is 9.64 Å². The number of nitrogens with zero attached hydrogens (tertiary/aromatic N) is 3. The number of hydrogen-bond donors (Lipinski definition) is 0. The maximum atomic E-state index is 5.33. The Hall–Kier alpha value is -1.26. The number of hydrogen-bond acceptors (Lipinski definition) is 4. The van der Waals surface area contributed by atoms with Gasteiger partial charge in [-0.3, -0.25) is 4.90 Å². The van der Waals surface area contributed by atoms with Crippen LogP contribution in [-0.4, -0.2) is 69.3 Å². The van der Waals surface area contributed by atoms with Crippen LogP contribution in [0, 0.1) is 0 Å². The lowest BCUT2D eigenvalue weighted by atomic mass is 10.0. The largest absolute Gasteiger partial charge is 0.497 e. The molecule has 21 heavy (non-hydrogen) atoms. The van der Waals surface area contributed by atoms with Gasteiger partial charge in [-0.15, -0.1) is 0 Å². The van der Waals surface area contributed by atoms with Gasteiger partial charge in [-0.2, -0.15) is 0 Å². The second-order valence-electron chi connectivity index (χ2n) is 6.26. The van der Waals surface area contributed by atoms with E-state index in [1.807, 2.05) is 6.07 Å². The van der Waals surface area contributed by atoms with E-state index >= 15 is 0 Å². The van der Waals surface area contributed by atoms with Gasteiger partial charge < -0.3 is 14.5 Å². The molecule has 2 heterocycles. The third kappa shape index (κ3) is 3.50. The van der Waals surface area contributed by atoms with Crippen LogP contribution in [0.3, 0.4) is 0 Å². The summed E-state index contributed by atoms with van der Waals surface area (Å²) in [5.74, 6) is 0.949. The summed E-state index contributed by atoms with van der Waals surface area (Å²) in [6, 6.07) is 9.23. The average Bonchev–Trinajstić information content (AvgIpc) is 2.56. The van der Waals surface area contributed by atoms with Crippen molar-refractivity contribution >= 4 is 5.69 Å². The number of methoxy groups -OCH3 is 1. The summed E-state index contributed by atoms with van der Waals surface area (Å²) in [4.78, 5) is 7.63. The highest BCUT2D eigenvalue weighted by Gasteiger charge is 2.26. The summed E-state index contributed by atoms with van der Waals surface area (Å²) < 4.78 is 5.33. The Morgan fingerprint density at radius 3 is 2.38 bits per heavy atom. The molecule has 0 bridgehead atoms. The number of benzene rings is 1. The van der Waals surface area contributed by atoms with Crippen LogP contribution in [0.25, 0.3) is 0 Å². The molecule has 116 valence electrons. The van der Waals surface area contributed by atoms with Crippen molar-refractivity contribution in [2.45, 2.75) is 18.9 Å². The highest BCUT2D eigenvalue weighted by atomic mass is 16.5. The van der Waals surface area contributed by atoms with E-state index in [4.69, 9.17) is 4.74 Å². The van der Waals surface area contributed by atoms with Crippen molar-refractivity contribution < 1.29 is 4.74 Å². The van der Waals surface area contributed by atoms with Crippen LogP contribution in [0.15, 0.2) is 24.3 Å². The normalized spacial score (nSPS) is 22.5. The van der Waals surface area contributed by atoms with E-state index in [0.29, 0.717) is 0 Å². The molecular weight excluding hydrogens is 262 g/mol. The van der Waals surface area contributed by atoms with E-state index in [1.165, 1.54) is 44.7 Å². The highest BCUT2D eigenvalue weighted by molar-refractivity contribution is 5.51. The van der Waals surface area contributed by atoms with E-state index in [0.717, 1.165) is 24.9 Å². The van der Waals surface area contributed by atoms with E-state index in [1.54, 1.807) is 7.11 Å². The van der Waals surface area contributed by atoms with Crippen LogP contribution >= 0.6 is 0 Å². The summed E-state index contributed by atoms with van der Waals surface area (Å²) in [6.45, 7) is 7.12. The molecule has 2 aliphatic rings. The van der Waals surface area contributed by atoms with Crippen molar-refractivity contribution in [3.8, 4) is 5.75 Å². The lowest BCUT2D eigenvalue weighted by molar-refractivity contribution is 0.115. The minimum absolute atomic E-state index is 0.800. The Morgan fingerprint density at radius 1 is 1.00 bits per heavy atom. The molecule has 4 heteroatoms. The fourth-order valence-corrected chi connectivity index (χ4v) is 3.51. The van der Waals surface area contributed by atoms with Crippen molar-refractivity contribution in [3.05, 3.63) is 24.3 Å². The van der Waals surface area contributed by atoms with Gasteiger partial charge in [-0.25, -0.2) is 0 Å². The van der Waals surface area contributed by atoms with Crippen LogP contribution in [-0.2, 0) is 0 Å². The SMILES string of the molecule is COc1cccc(N2CCN(C3CCN(C)CC3)CC2)c1. The first-order valence-corrected chi connectivity index (χ1v) is 8.08. The van der Waals surface area contributed by atoms with Crippen molar-refractivity contribution in [3.63, 3.8) is 0 Å². The molecular formula is C17H27N3O. The average molecular weight is 289 g/mol. The van der Waals surface area contributed by atoms with Crippen molar-refractivity contribution in [2.75, 3.05) is 58.3 Å². The third-order valence-corrected chi connectivity index (χ3v) is 4.94. The van der Waals surface area contributed by atoms with Crippen molar-refractivity contribution in [1.82, 2.24) is 9.80 Å². The summed E-state index contributed by atoms with van der Waals surface area (Å²) in [5, 5.41) is 0. The topological polar surface area (TPSA) is 19.0 Å². The molecule has 0 atom stereocenters. The zero-order chi connectivity index (χ0) is 14.7. The molecule has 0 N–H and O–H groups in total. The predicted octanol–water partition coefficient (Wildman–Crippen LogP) is 1.91. The molecule has 4 nitrogen and oxygen atoms in total. The molecule has 1 aromatic rings. The zero-order valence-electron chi connectivity index (χ0n) is 13.3. The Morgan fingerprint density at radius 2 is 1.71 bits per heavy atom. The molecule has 1 aromatic carbocycles. The Bertz CT molecular complexity index is 449. The fourth-order valence-electron chi connectivity index (χ4n) is 3.51.